The second-order valence-electron chi connectivity index (χ2n) is 6.30. The number of methoxy groups -OCH3 is 1. The molecule has 0 spiro atoms. The molecule has 148 valence electrons. The molecule has 8 heteroatoms. The number of guanidine groups is 1. The smallest absolute Gasteiger partial charge is 0.194 e. The van der Waals surface area contributed by atoms with Crippen LogP contribution in [0.15, 0.2) is 46.1 Å². The molecular weight excluding hydrogens is 390 g/mol. The van der Waals surface area contributed by atoms with Gasteiger partial charge in [-0.3, -0.25) is 4.99 Å². The zero-order chi connectivity index (χ0) is 19.9. The summed E-state index contributed by atoms with van der Waals surface area (Å²) in [7, 11) is 5.49. The largest absolute Gasteiger partial charge is 0.375 e. The normalized spacial score (nSPS) is 12.8. The summed E-state index contributed by atoms with van der Waals surface area (Å²) in [6.07, 6.45) is 0.0187. The zero-order valence-corrected chi connectivity index (χ0v) is 18.2. The minimum Gasteiger partial charge on any atom is -0.375 e. The van der Waals surface area contributed by atoms with Crippen molar-refractivity contribution < 1.29 is 4.74 Å². The van der Waals surface area contributed by atoms with Gasteiger partial charge in [-0.05, 0) is 6.92 Å². The fourth-order valence-corrected chi connectivity index (χ4v) is 4.26. The van der Waals surface area contributed by atoms with Crippen molar-refractivity contribution in [1.29, 1.82) is 0 Å². The molecule has 0 aliphatic heterocycles. The van der Waals surface area contributed by atoms with Crippen molar-refractivity contribution in [3.05, 3.63) is 56.8 Å². The van der Waals surface area contributed by atoms with Crippen LogP contribution >= 0.6 is 22.7 Å². The summed E-state index contributed by atoms with van der Waals surface area (Å²) in [5, 5.41) is 9.56. The summed E-state index contributed by atoms with van der Waals surface area (Å²) in [6, 6.07) is 10.2. The third-order valence-electron chi connectivity index (χ3n) is 4.26. The predicted molar refractivity (Wildman–Crippen MR) is 117 cm³/mol. The fraction of sp³-hybridized carbons (Fsp3) is 0.350. The lowest BCUT2D eigenvalue weighted by Crippen LogP contribution is -2.38. The summed E-state index contributed by atoms with van der Waals surface area (Å²) >= 11 is 3.27. The van der Waals surface area contributed by atoms with E-state index in [0.29, 0.717) is 13.1 Å². The topological polar surface area (TPSA) is 62.6 Å². The zero-order valence-electron chi connectivity index (χ0n) is 16.5. The third-order valence-corrected chi connectivity index (χ3v) is 6.17. The molecule has 0 saturated heterocycles. The van der Waals surface area contributed by atoms with Gasteiger partial charge < -0.3 is 15.0 Å². The number of hydrogen-bond acceptors (Lipinski definition) is 6. The Morgan fingerprint density at radius 2 is 2.00 bits per heavy atom. The predicted octanol–water partition coefficient (Wildman–Crippen LogP) is 4.18. The van der Waals surface area contributed by atoms with Gasteiger partial charge in [-0.25, -0.2) is 9.97 Å². The van der Waals surface area contributed by atoms with Gasteiger partial charge in [0.1, 0.15) is 16.1 Å². The summed E-state index contributed by atoms with van der Waals surface area (Å²) in [4.78, 5) is 15.8. The number of nitrogens with one attached hydrogen (secondary N) is 1. The Balaban J connectivity index is 1.57. The van der Waals surface area contributed by atoms with Gasteiger partial charge in [0.25, 0.3) is 0 Å². The van der Waals surface area contributed by atoms with Crippen LogP contribution in [-0.2, 0) is 17.8 Å². The lowest BCUT2D eigenvalue weighted by molar-refractivity contribution is 0.119. The molecule has 0 radical (unpaired) electrons. The first-order valence-electron chi connectivity index (χ1n) is 8.99. The molecule has 6 nitrogen and oxygen atoms in total. The Kier molecular flexibility index (Phi) is 7.13. The molecule has 3 aromatic rings. The molecule has 0 aliphatic rings. The first kappa shape index (κ1) is 20.4. The average Bonchev–Trinajstić information content (AvgIpc) is 3.38. The second kappa shape index (κ2) is 9.77. The van der Waals surface area contributed by atoms with Crippen molar-refractivity contribution in [1.82, 2.24) is 20.2 Å². The molecule has 1 N–H and O–H groups in total. The highest BCUT2D eigenvalue weighted by molar-refractivity contribution is 7.10. The third kappa shape index (κ3) is 5.15. The highest BCUT2D eigenvalue weighted by atomic mass is 32.1. The van der Waals surface area contributed by atoms with E-state index in [1.54, 1.807) is 36.8 Å². The van der Waals surface area contributed by atoms with Crippen molar-refractivity contribution in [2.24, 2.45) is 4.99 Å². The van der Waals surface area contributed by atoms with Crippen LogP contribution in [-0.4, -0.2) is 42.0 Å². The Labute approximate surface area is 174 Å². The molecule has 0 aliphatic carbocycles. The molecule has 2 aromatic heterocycles. The number of thiazole rings is 2. The van der Waals surface area contributed by atoms with E-state index in [1.807, 2.05) is 32.2 Å². The first-order chi connectivity index (χ1) is 13.6. The van der Waals surface area contributed by atoms with Gasteiger partial charge in [-0.15, -0.1) is 22.7 Å². The van der Waals surface area contributed by atoms with Crippen LogP contribution in [0.25, 0.3) is 11.3 Å². The van der Waals surface area contributed by atoms with E-state index >= 15 is 0 Å². The van der Waals surface area contributed by atoms with Crippen molar-refractivity contribution in [3.63, 3.8) is 0 Å². The molecule has 28 heavy (non-hydrogen) atoms. The number of aromatic nitrogens is 2. The van der Waals surface area contributed by atoms with Crippen LogP contribution in [0.4, 0.5) is 0 Å². The summed E-state index contributed by atoms with van der Waals surface area (Å²) in [6.45, 7) is 3.32. The Bertz CT molecular complexity index is 906. The molecule has 0 amide bonds. The Morgan fingerprint density at radius 1 is 1.21 bits per heavy atom. The van der Waals surface area contributed by atoms with Gasteiger partial charge in [0.05, 0.1) is 24.5 Å². The lowest BCUT2D eigenvalue weighted by atomic mass is 10.2. The first-order valence-corrected chi connectivity index (χ1v) is 10.7. The van der Waals surface area contributed by atoms with Crippen molar-refractivity contribution in [2.75, 3.05) is 21.2 Å². The van der Waals surface area contributed by atoms with Gasteiger partial charge in [-0.1, -0.05) is 30.3 Å². The van der Waals surface area contributed by atoms with Crippen LogP contribution in [0.1, 0.15) is 28.7 Å². The molecule has 3 rings (SSSR count). The number of rotatable bonds is 7. The van der Waals surface area contributed by atoms with Crippen LogP contribution in [0, 0.1) is 0 Å². The van der Waals surface area contributed by atoms with Crippen LogP contribution in [0.5, 0.6) is 0 Å². The number of ether oxygens (including phenoxy) is 1. The highest BCUT2D eigenvalue weighted by Gasteiger charge is 2.13. The molecule has 0 bridgehead atoms. The van der Waals surface area contributed by atoms with E-state index in [-0.39, 0.29) is 6.10 Å². The number of nitrogens with zero attached hydrogens (tertiary/aromatic N) is 4. The molecule has 1 aromatic carbocycles. The van der Waals surface area contributed by atoms with Crippen molar-refractivity contribution in [2.45, 2.75) is 26.1 Å². The van der Waals surface area contributed by atoms with Crippen molar-refractivity contribution in [3.8, 4) is 11.3 Å². The SMILES string of the molecule is CN=C(NCc1nc(-c2ccccc2)cs1)N(C)Cc1csc(C(C)OC)n1. The van der Waals surface area contributed by atoms with Gasteiger partial charge in [-0.2, -0.15) is 0 Å². The van der Waals surface area contributed by atoms with E-state index in [2.05, 4.69) is 43.1 Å². The summed E-state index contributed by atoms with van der Waals surface area (Å²) in [5.41, 5.74) is 3.15. The summed E-state index contributed by atoms with van der Waals surface area (Å²) < 4.78 is 5.34. The number of hydrogen-bond donors (Lipinski definition) is 1. The maximum absolute atomic E-state index is 5.34. The fourth-order valence-electron chi connectivity index (χ4n) is 2.67. The second-order valence-corrected chi connectivity index (χ2v) is 8.14. The maximum atomic E-state index is 5.34. The number of aliphatic imine (C=N–C) groups is 1. The van der Waals surface area contributed by atoms with Crippen LogP contribution < -0.4 is 5.32 Å². The lowest BCUT2D eigenvalue weighted by Gasteiger charge is -2.20. The molecule has 1 atom stereocenters. The van der Waals surface area contributed by atoms with E-state index in [0.717, 1.165) is 32.9 Å². The monoisotopic (exact) mass is 415 g/mol. The molecule has 0 fully saturated rings. The van der Waals surface area contributed by atoms with Gasteiger partial charge in [0.15, 0.2) is 5.96 Å². The number of benzene rings is 1. The van der Waals surface area contributed by atoms with E-state index in [4.69, 9.17) is 9.72 Å². The van der Waals surface area contributed by atoms with E-state index < -0.39 is 0 Å². The standard InChI is InChI=1S/C20H25N5OS2/c1-14(26-4)19-23-16(12-28-19)11-25(3)20(21-2)22-10-18-24-17(13-27-18)15-8-6-5-7-9-15/h5-9,12-14H,10-11H2,1-4H3,(H,21,22). The molecule has 1 unspecified atom stereocenters. The summed E-state index contributed by atoms with van der Waals surface area (Å²) in [5.74, 6) is 0.811. The van der Waals surface area contributed by atoms with Gasteiger partial charge in [0.2, 0.25) is 0 Å². The van der Waals surface area contributed by atoms with Crippen molar-refractivity contribution >= 4 is 28.6 Å². The quantitative estimate of drug-likeness (QED) is 0.463. The van der Waals surface area contributed by atoms with Crippen LogP contribution in [0.2, 0.25) is 0 Å². The Morgan fingerprint density at radius 3 is 2.71 bits per heavy atom. The van der Waals surface area contributed by atoms with E-state index in [9.17, 15) is 0 Å². The highest BCUT2D eigenvalue weighted by Crippen LogP contribution is 2.22. The molecule has 0 saturated carbocycles. The Hall–Kier alpha value is -2.29. The molecular formula is C20H25N5OS2. The minimum absolute atomic E-state index is 0.0187. The van der Waals surface area contributed by atoms with Crippen LogP contribution in [0.3, 0.4) is 0 Å². The maximum Gasteiger partial charge on any atom is 0.194 e. The van der Waals surface area contributed by atoms with E-state index in [1.165, 1.54) is 0 Å². The van der Waals surface area contributed by atoms with Gasteiger partial charge in [0, 0.05) is 37.5 Å². The molecule has 2 heterocycles. The average molecular weight is 416 g/mol. The van der Waals surface area contributed by atoms with Gasteiger partial charge >= 0.3 is 0 Å². The minimum atomic E-state index is 0.0187.